The number of carbonyl (C=O) groups is 1. The van der Waals surface area contributed by atoms with Crippen molar-refractivity contribution in [2.45, 2.75) is 6.92 Å². The number of rotatable bonds is 3. The van der Waals surface area contributed by atoms with Gasteiger partial charge in [0.1, 0.15) is 5.75 Å². The van der Waals surface area contributed by atoms with Gasteiger partial charge in [0.2, 0.25) is 5.91 Å². The largest absolute Gasteiger partial charge is 1.00 e. The fourth-order valence-electron chi connectivity index (χ4n) is 1.76. The summed E-state index contributed by atoms with van der Waals surface area (Å²) in [6.45, 7) is 2.83. The summed E-state index contributed by atoms with van der Waals surface area (Å²) < 4.78 is 0. The SMILES string of the molecule is Cc1ccc(NC(=O)CN2C=CN(C)C2)cc1O.[Cl-]. The van der Waals surface area contributed by atoms with Crippen molar-refractivity contribution < 1.29 is 22.3 Å². The lowest BCUT2D eigenvalue weighted by Gasteiger charge is -2.17. The third-order valence-electron chi connectivity index (χ3n) is 2.78. The molecule has 6 heteroatoms. The van der Waals surface area contributed by atoms with Gasteiger partial charge in [-0.25, -0.2) is 0 Å². The van der Waals surface area contributed by atoms with Gasteiger partial charge in [-0.1, -0.05) is 6.07 Å². The number of anilines is 1. The molecule has 1 aliphatic rings. The molecule has 0 atom stereocenters. The van der Waals surface area contributed by atoms with E-state index in [-0.39, 0.29) is 24.1 Å². The van der Waals surface area contributed by atoms with Crippen LogP contribution in [0.5, 0.6) is 5.75 Å². The molecule has 0 bridgehead atoms. The van der Waals surface area contributed by atoms with Crippen LogP contribution in [0.15, 0.2) is 30.6 Å². The van der Waals surface area contributed by atoms with Crippen LogP contribution in [-0.2, 0) is 4.79 Å². The minimum Gasteiger partial charge on any atom is -1.00 e. The Kier molecular flexibility index (Phi) is 5.06. The van der Waals surface area contributed by atoms with E-state index in [4.69, 9.17) is 0 Å². The quantitative estimate of drug-likeness (QED) is 0.695. The molecular weight excluding hydrogens is 266 g/mol. The van der Waals surface area contributed by atoms with Crippen molar-refractivity contribution in [1.82, 2.24) is 9.80 Å². The third-order valence-corrected chi connectivity index (χ3v) is 2.78. The molecule has 0 aliphatic carbocycles. The van der Waals surface area contributed by atoms with Crippen LogP contribution < -0.4 is 17.7 Å². The second kappa shape index (κ2) is 6.33. The topological polar surface area (TPSA) is 55.8 Å². The summed E-state index contributed by atoms with van der Waals surface area (Å²) >= 11 is 0. The standard InChI is InChI=1S/C13H17N3O2.ClH/c1-10-3-4-11(7-12(10)17)14-13(18)8-16-6-5-15(2)9-16;/h3-7,17H,8-9H2,1-2H3,(H,14,18);1H/p-1. The average molecular weight is 283 g/mol. The Balaban J connectivity index is 0.00000180. The van der Waals surface area contributed by atoms with Crippen LogP contribution in [0.25, 0.3) is 0 Å². The maximum absolute atomic E-state index is 11.8. The number of benzene rings is 1. The fourth-order valence-corrected chi connectivity index (χ4v) is 1.76. The second-order valence-electron chi connectivity index (χ2n) is 4.49. The van der Waals surface area contributed by atoms with Crippen molar-refractivity contribution in [3.63, 3.8) is 0 Å². The van der Waals surface area contributed by atoms with Crippen LogP contribution in [-0.4, -0.2) is 41.1 Å². The van der Waals surface area contributed by atoms with E-state index in [9.17, 15) is 9.90 Å². The molecule has 5 nitrogen and oxygen atoms in total. The number of nitrogens with one attached hydrogen (secondary N) is 1. The lowest BCUT2D eigenvalue weighted by atomic mass is 10.2. The molecule has 0 aromatic heterocycles. The van der Waals surface area contributed by atoms with E-state index in [0.717, 1.165) is 5.56 Å². The Hall–Kier alpha value is -1.88. The molecule has 1 aromatic rings. The van der Waals surface area contributed by atoms with Crippen molar-refractivity contribution >= 4 is 11.6 Å². The van der Waals surface area contributed by atoms with Crippen molar-refractivity contribution in [2.24, 2.45) is 0 Å². The van der Waals surface area contributed by atoms with Gasteiger partial charge >= 0.3 is 0 Å². The molecule has 0 saturated carbocycles. The van der Waals surface area contributed by atoms with Crippen LogP contribution in [0.3, 0.4) is 0 Å². The van der Waals surface area contributed by atoms with Crippen molar-refractivity contribution in [3.05, 3.63) is 36.2 Å². The van der Waals surface area contributed by atoms with E-state index in [1.54, 1.807) is 18.2 Å². The lowest BCUT2D eigenvalue weighted by Crippen LogP contribution is -3.00. The fraction of sp³-hybridized carbons (Fsp3) is 0.308. The molecule has 2 rings (SSSR count). The molecular formula is C13H17ClN3O2-. The Morgan fingerprint density at radius 1 is 1.42 bits per heavy atom. The highest BCUT2D eigenvalue weighted by Gasteiger charge is 2.12. The smallest absolute Gasteiger partial charge is 0.243 e. The molecule has 0 fully saturated rings. The Morgan fingerprint density at radius 3 is 2.74 bits per heavy atom. The molecule has 1 amide bonds. The van der Waals surface area contributed by atoms with Gasteiger partial charge < -0.3 is 32.6 Å². The molecule has 104 valence electrons. The van der Waals surface area contributed by atoms with Gasteiger partial charge in [0.05, 0.1) is 13.2 Å². The summed E-state index contributed by atoms with van der Waals surface area (Å²) in [6.07, 6.45) is 3.80. The molecule has 1 aromatic carbocycles. The average Bonchev–Trinajstić information content (AvgIpc) is 2.69. The van der Waals surface area contributed by atoms with Gasteiger partial charge in [0.25, 0.3) is 0 Å². The molecule has 1 heterocycles. The number of aryl methyl sites for hydroxylation is 1. The first-order valence-electron chi connectivity index (χ1n) is 5.76. The zero-order valence-electron chi connectivity index (χ0n) is 10.9. The molecule has 2 N–H and O–H groups in total. The molecule has 19 heavy (non-hydrogen) atoms. The maximum atomic E-state index is 11.8. The summed E-state index contributed by atoms with van der Waals surface area (Å²) in [6, 6.07) is 5.10. The number of hydrogen-bond acceptors (Lipinski definition) is 4. The summed E-state index contributed by atoms with van der Waals surface area (Å²) in [5, 5.41) is 12.3. The van der Waals surface area contributed by atoms with E-state index in [1.807, 2.05) is 36.2 Å². The molecule has 0 radical (unpaired) electrons. The first-order valence-corrected chi connectivity index (χ1v) is 5.76. The Bertz CT molecular complexity index is 491. The van der Waals surface area contributed by atoms with Crippen molar-refractivity contribution in [2.75, 3.05) is 25.6 Å². The number of nitrogens with zero attached hydrogens (tertiary/aromatic N) is 2. The highest BCUT2D eigenvalue weighted by molar-refractivity contribution is 5.92. The van der Waals surface area contributed by atoms with Gasteiger partial charge in [0.15, 0.2) is 0 Å². The summed E-state index contributed by atoms with van der Waals surface area (Å²) in [4.78, 5) is 15.7. The summed E-state index contributed by atoms with van der Waals surface area (Å²) in [5.41, 5.74) is 1.40. The van der Waals surface area contributed by atoms with Crippen LogP contribution in [0.4, 0.5) is 5.69 Å². The van der Waals surface area contributed by atoms with Gasteiger partial charge in [-0.3, -0.25) is 4.79 Å². The van der Waals surface area contributed by atoms with Gasteiger partial charge in [-0.2, -0.15) is 0 Å². The molecule has 0 unspecified atom stereocenters. The first kappa shape index (κ1) is 15.2. The normalized spacial score (nSPS) is 13.4. The Labute approximate surface area is 118 Å². The number of halogens is 1. The van der Waals surface area contributed by atoms with Gasteiger partial charge in [-0.15, -0.1) is 0 Å². The van der Waals surface area contributed by atoms with Crippen molar-refractivity contribution in [3.8, 4) is 5.75 Å². The number of hydrogen-bond donors (Lipinski definition) is 2. The lowest BCUT2D eigenvalue weighted by molar-refractivity contribution is -0.116. The van der Waals surface area contributed by atoms with Crippen molar-refractivity contribution in [1.29, 1.82) is 0 Å². The zero-order valence-corrected chi connectivity index (χ0v) is 11.7. The zero-order chi connectivity index (χ0) is 13.1. The second-order valence-corrected chi connectivity index (χ2v) is 4.49. The van der Waals surface area contributed by atoms with Crippen LogP contribution >= 0.6 is 0 Å². The number of aromatic hydroxyl groups is 1. The minimum atomic E-state index is -0.0989. The van der Waals surface area contributed by atoms with Crippen LogP contribution in [0.2, 0.25) is 0 Å². The van der Waals surface area contributed by atoms with Crippen LogP contribution in [0, 0.1) is 6.92 Å². The highest BCUT2D eigenvalue weighted by atomic mass is 35.5. The van der Waals surface area contributed by atoms with Crippen LogP contribution in [0.1, 0.15) is 5.56 Å². The molecule has 0 saturated heterocycles. The van der Waals surface area contributed by atoms with Gasteiger partial charge in [0, 0.05) is 31.2 Å². The monoisotopic (exact) mass is 282 g/mol. The van der Waals surface area contributed by atoms with Gasteiger partial charge in [-0.05, 0) is 18.6 Å². The molecule has 0 spiro atoms. The number of phenolic OH excluding ortho intramolecular Hbond substituents is 1. The Morgan fingerprint density at radius 2 is 2.16 bits per heavy atom. The summed E-state index contributed by atoms with van der Waals surface area (Å²) in [5.74, 6) is 0.0896. The van der Waals surface area contributed by atoms with E-state index >= 15 is 0 Å². The number of carbonyl (C=O) groups excluding carboxylic acids is 1. The molecule has 1 aliphatic heterocycles. The minimum absolute atomic E-state index is 0. The number of amides is 1. The van der Waals surface area contributed by atoms with E-state index in [2.05, 4.69) is 5.32 Å². The summed E-state index contributed by atoms with van der Waals surface area (Å²) in [7, 11) is 1.95. The first-order chi connectivity index (χ1) is 8.54. The maximum Gasteiger partial charge on any atom is 0.243 e. The third kappa shape index (κ3) is 4.06. The van der Waals surface area contributed by atoms with E-state index < -0.39 is 0 Å². The predicted molar refractivity (Wildman–Crippen MR) is 69.9 cm³/mol. The number of phenols is 1. The highest BCUT2D eigenvalue weighted by Crippen LogP contribution is 2.20. The predicted octanol–water partition coefficient (Wildman–Crippen LogP) is -1.68. The van der Waals surface area contributed by atoms with E-state index in [0.29, 0.717) is 18.9 Å². The van der Waals surface area contributed by atoms with E-state index in [1.165, 1.54) is 0 Å².